The predicted molar refractivity (Wildman–Crippen MR) is 212 cm³/mol. The fourth-order valence-corrected chi connectivity index (χ4v) is 10.7. The lowest BCUT2D eigenvalue weighted by Crippen LogP contribution is -2.30. The number of allylic oxidation sites excluding steroid dienone is 6. The van der Waals surface area contributed by atoms with Gasteiger partial charge in [0, 0.05) is 34.0 Å². The third kappa shape index (κ3) is 4.20. The number of hydrogen-bond acceptors (Lipinski definition) is 3. The number of ether oxygens (including phenoxy) is 1. The van der Waals surface area contributed by atoms with Crippen LogP contribution in [-0.4, -0.2) is 16.1 Å². The van der Waals surface area contributed by atoms with Crippen LogP contribution >= 0.6 is 0 Å². The van der Waals surface area contributed by atoms with Crippen molar-refractivity contribution in [2.24, 2.45) is 0 Å². The summed E-state index contributed by atoms with van der Waals surface area (Å²) in [5, 5.41) is 0. The van der Waals surface area contributed by atoms with Crippen LogP contribution in [0, 0.1) is 0 Å². The molecular formula is C49H42N2O. The minimum Gasteiger partial charge on any atom is -0.469 e. The van der Waals surface area contributed by atoms with Gasteiger partial charge in [-0.2, -0.15) is 4.98 Å². The molecule has 1 atom stereocenters. The van der Waals surface area contributed by atoms with Crippen LogP contribution in [0.2, 0.25) is 0 Å². The summed E-state index contributed by atoms with van der Waals surface area (Å²) in [6.45, 7) is 4.83. The van der Waals surface area contributed by atoms with E-state index in [9.17, 15) is 0 Å². The summed E-state index contributed by atoms with van der Waals surface area (Å²) in [6, 6.07) is 33.9. The molecule has 5 aromatic rings. The van der Waals surface area contributed by atoms with Crippen molar-refractivity contribution in [2.75, 3.05) is 0 Å². The molecule has 4 aromatic carbocycles. The Balaban J connectivity index is 1.02. The predicted octanol–water partition coefficient (Wildman–Crippen LogP) is 12.1. The van der Waals surface area contributed by atoms with Crippen LogP contribution in [0.15, 0.2) is 121 Å². The zero-order valence-electron chi connectivity index (χ0n) is 30.0. The third-order valence-electron chi connectivity index (χ3n) is 13.1. The van der Waals surface area contributed by atoms with Gasteiger partial charge in [0.1, 0.15) is 6.10 Å². The molecule has 5 aliphatic carbocycles. The van der Waals surface area contributed by atoms with Crippen LogP contribution in [0.1, 0.15) is 98.6 Å². The number of hydrogen-bond donors (Lipinski definition) is 0. The lowest BCUT2D eigenvalue weighted by atomic mass is 9.65. The minimum atomic E-state index is -0.0206. The standard InChI is InChI=1S/C49H42N2O/c1-48(2)38-19-9-7-16-34(38)36-28-41-37(29-40(36)48)43-33(18-13-20-39(43)49(41)26-11-4-12-27-49)30-22-24-32(25-23-30)46-50-45(31-14-5-3-6-15-31)44-35-17-8-10-21-42(35)52-47(44)51-46/h3,5-10,14-19,22-25,28-29,42H,4,11-13,20-21,26-27H2,1-2H3. The van der Waals surface area contributed by atoms with Crippen LogP contribution in [0.3, 0.4) is 0 Å². The molecule has 1 spiro atoms. The first-order valence-electron chi connectivity index (χ1n) is 19.4. The van der Waals surface area contributed by atoms with Gasteiger partial charge in [0.25, 0.3) is 0 Å². The van der Waals surface area contributed by atoms with Crippen molar-refractivity contribution in [2.45, 2.75) is 82.1 Å². The first-order chi connectivity index (χ1) is 25.5. The lowest BCUT2D eigenvalue weighted by Gasteiger charge is -2.39. The van der Waals surface area contributed by atoms with Crippen molar-refractivity contribution in [3.05, 3.63) is 154 Å². The highest BCUT2D eigenvalue weighted by Gasteiger charge is 2.48. The SMILES string of the molecule is CC1(C)c2ccccc2-c2cc3c(cc21)C1=C(CCC=C1c1ccc(-c2nc4c(c(-c5ccccc5)n2)C2=CC=CCC2O4)cc1)C31CCCCC1. The van der Waals surface area contributed by atoms with Crippen LogP contribution in [0.4, 0.5) is 0 Å². The van der Waals surface area contributed by atoms with Crippen molar-refractivity contribution in [3.63, 3.8) is 0 Å². The molecule has 11 rings (SSSR count). The highest BCUT2D eigenvalue weighted by Crippen LogP contribution is 2.62. The first kappa shape index (κ1) is 30.4. The van der Waals surface area contributed by atoms with Crippen molar-refractivity contribution >= 4 is 16.7 Å². The molecule has 2 heterocycles. The first-order valence-corrected chi connectivity index (χ1v) is 19.4. The van der Waals surface area contributed by atoms with Crippen LogP contribution in [0.5, 0.6) is 5.88 Å². The smallest absolute Gasteiger partial charge is 0.226 e. The molecule has 1 unspecified atom stereocenters. The van der Waals surface area contributed by atoms with Crippen LogP contribution in [-0.2, 0) is 10.8 Å². The Morgan fingerprint density at radius 1 is 0.712 bits per heavy atom. The molecule has 52 heavy (non-hydrogen) atoms. The van der Waals surface area contributed by atoms with Gasteiger partial charge in [-0.05, 0) is 87.9 Å². The van der Waals surface area contributed by atoms with Gasteiger partial charge in [0.2, 0.25) is 5.88 Å². The fraction of sp³-hybridized carbons (Fsp3) is 0.265. The highest BCUT2D eigenvalue weighted by molar-refractivity contribution is 6.11. The average Bonchev–Trinajstić information content (AvgIpc) is 3.78. The molecule has 0 saturated heterocycles. The maximum absolute atomic E-state index is 6.47. The average molecular weight is 675 g/mol. The van der Waals surface area contributed by atoms with Crippen LogP contribution < -0.4 is 4.74 Å². The summed E-state index contributed by atoms with van der Waals surface area (Å²) in [4.78, 5) is 10.3. The maximum atomic E-state index is 6.47. The molecule has 1 saturated carbocycles. The molecular weight excluding hydrogens is 633 g/mol. The second-order valence-corrected chi connectivity index (χ2v) is 16.2. The number of rotatable bonds is 3. The molecule has 3 nitrogen and oxygen atoms in total. The fourth-order valence-electron chi connectivity index (χ4n) is 10.7. The van der Waals surface area contributed by atoms with E-state index in [1.54, 1.807) is 11.1 Å². The molecule has 3 heteroatoms. The van der Waals surface area contributed by atoms with Crippen molar-refractivity contribution in [1.82, 2.24) is 9.97 Å². The Kier molecular flexibility index (Phi) is 6.49. The van der Waals surface area contributed by atoms with E-state index in [-0.39, 0.29) is 16.9 Å². The zero-order chi connectivity index (χ0) is 34.6. The van der Waals surface area contributed by atoms with Gasteiger partial charge in [-0.25, -0.2) is 4.98 Å². The lowest BCUT2D eigenvalue weighted by molar-refractivity contribution is 0.269. The topological polar surface area (TPSA) is 35.0 Å². The van der Waals surface area contributed by atoms with Gasteiger partial charge >= 0.3 is 0 Å². The quantitative estimate of drug-likeness (QED) is 0.191. The molecule has 1 aliphatic heterocycles. The highest BCUT2D eigenvalue weighted by atomic mass is 16.5. The number of fused-ring (bicyclic) bond motifs is 10. The third-order valence-corrected chi connectivity index (χ3v) is 13.1. The van der Waals surface area contributed by atoms with E-state index >= 15 is 0 Å². The molecule has 254 valence electrons. The summed E-state index contributed by atoms with van der Waals surface area (Å²) in [5.41, 5.74) is 20.2. The molecule has 0 N–H and O–H groups in total. The summed E-state index contributed by atoms with van der Waals surface area (Å²) < 4.78 is 6.47. The normalized spacial score (nSPS) is 21.0. The van der Waals surface area contributed by atoms with Crippen molar-refractivity contribution < 1.29 is 4.74 Å². The Hall–Kier alpha value is -5.28. The van der Waals surface area contributed by atoms with Crippen LogP contribution in [0.25, 0.3) is 50.5 Å². The van der Waals surface area contributed by atoms with Gasteiger partial charge in [0.15, 0.2) is 5.82 Å². The number of nitrogens with zero attached hydrogens (tertiary/aromatic N) is 2. The largest absolute Gasteiger partial charge is 0.469 e. The van der Waals surface area contributed by atoms with Gasteiger partial charge in [-0.3, -0.25) is 0 Å². The summed E-state index contributed by atoms with van der Waals surface area (Å²) in [5.74, 6) is 1.40. The van der Waals surface area contributed by atoms with Gasteiger partial charge in [-0.1, -0.05) is 142 Å². The molecule has 0 bridgehead atoms. The van der Waals surface area contributed by atoms with E-state index in [0.29, 0.717) is 11.7 Å². The Morgan fingerprint density at radius 3 is 2.33 bits per heavy atom. The molecule has 1 fully saturated rings. The maximum Gasteiger partial charge on any atom is 0.226 e. The number of aromatic nitrogens is 2. The zero-order valence-corrected chi connectivity index (χ0v) is 30.0. The summed E-state index contributed by atoms with van der Waals surface area (Å²) in [6.07, 6.45) is 18.6. The Labute approximate surface area is 306 Å². The van der Waals surface area contributed by atoms with E-state index < -0.39 is 0 Å². The van der Waals surface area contributed by atoms with Gasteiger partial charge in [-0.15, -0.1) is 0 Å². The second-order valence-electron chi connectivity index (χ2n) is 16.2. The van der Waals surface area contributed by atoms with Gasteiger partial charge < -0.3 is 4.74 Å². The van der Waals surface area contributed by atoms with E-state index in [4.69, 9.17) is 14.7 Å². The van der Waals surface area contributed by atoms with E-state index in [1.807, 2.05) is 0 Å². The van der Waals surface area contributed by atoms with E-state index in [1.165, 1.54) is 82.2 Å². The minimum absolute atomic E-state index is 0.00202. The molecule has 0 amide bonds. The Morgan fingerprint density at radius 2 is 1.48 bits per heavy atom. The Bertz CT molecular complexity index is 2450. The van der Waals surface area contributed by atoms with Crippen molar-refractivity contribution in [3.8, 4) is 39.7 Å². The van der Waals surface area contributed by atoms with E-state index in [0.717, 1.165) is 41.6 Å². The molecule has 1 aromatic heterocycles. The van der Waals surface area contributed by atoms with E-state index in [2.05, 4.69) is 129 Å². The van der Waals surface area contributed by atoms with Gasteiger partial charge in [0.05, 0.1) is 11.3 Å². The summed E-state index contributed by atoms with van der Waals surface area (Å²) in [7, 11) is 0. The second kappa shape index (κ2) is 11.1. The van der Waals surface area contributed by atoms with Crippen molar-refractivity contribution in [1.29, 1.82) is 0 Å². The number of benzene rings is 4. The molecule has 6 aliphatic rings. The molecule has 0 radical (unpaired) electrons. The summed E-state index contributed by atoms with van der Waals surface area (Å²) >= 11 is 0. The monoisotopic (exact) mass is 674 g/mol.